The van der Waals surface area contributed by atoms with Crippen LogP contribution in [0.2, 0.25) is 0 Å². The molecule has 0 saturated heterocycles. The van der Waals surface area contributed by atoms with Crippen molar-refractivity contribution in [2.24, 2.45) is 29.1 Å². The van der Waals surface area contributed by atoms with E-state index in [2.05, 4.69) is 24.5 Å². The summed E-state index contributed by atoms with van der Waals surface area (Å²) in [5.74, 6) is 0.661. The summed E-state index contributed by atoms with van der Waals surface area (Å²) in [6.07, 6.45) is 7.75. The zero-order valence-corrected chi connectivity index (χ0v) is 21.2. The zero-order valence-electron chi connectivity index (χ0n) is 21.2. The lowest BCUT2D eigenvalue weighted by atomic mass is 9.51. The number of carbonyl (C=O) groups excluding carboxylic acids is 2. The highest BCUT2D eigenvalue weighted by Gasteiger charge is 2.54. The third-order valence-electron chi connectivity index (χ3n) is 9.31. The Kier molecular flexibility index (Phi) is 7.56. The van der Waals surface area contributed by atoms with Crippen LogP contribution in [0.5, 0.6) is 5.75 Å². The molecule has 3 aliphatic rings. The van der Waals surface area contributed by atoms with Crippen molar-refractivity contribution in [3.05, 3.63) is 29.8 Å². The third-order valence-corrected chi connectivity index (χ3v) is 9.31. The minimum Gasteiger partial charge on any atom is -0.497 e. The molecule has 0 spiro atoms. The number of methoxy groups -OCH3 is 1. The van der Waals surface area contributed by atoms with Gasteiger partial charge in [-0.15, -0.1) is 0 Å². The van der Waals surface area contributed by atoms with E-state index < -0.39 is 6.10 Å². The summed E-state index contributed by atoms with van der Waals surface area (Å²) in [7, 11) is 1.61. The fraction of sp³-hybridized carbons (Fsp3) is 0.714. The highest BCUT2D eigenvalue weighted by Crippen LogP contribution is 2.55. The molecule has 3 fully saturated rings. The second-order valence-corrected chi connectivity index (χ2v) is 11.4. The molecule has 3 aliphatic carbocycles. The summed E-state index contributed by atoms with van der Waals surface area (Å²) in [6.45, 7) is 6.44. The number of hydrogen-bond donors (Lipinski definition) is 3. The van der Waals surface area contributed by atoms with Gasteiger partial charge in [0, 0.05) is 23.6 Å². The Hall–Kier alpha value is -2.08. The topological polar surface area (TPSA) is 87.7 Å². The number of fused-ring (bicyclic) bond motifs is 1. The number of carbonyl (C=O) groups is 2. The zero-order chi connectivity index (χ0) is 24.5. The van der Waals surface area contributed by atoms with Gasteiger partial charge >= 0.3 is 0 Å². The molecule has 4 rings (SSSR count). The number of rotatable bonds is 6. The van der Waals surface area contributed by atoms with E-state index in [0.29, 0.717) is 11.6 Å². The van der Waals surface area contributed by atoms with E-state index in [9.17, 15) is 14.7 Å². The average Bonchev–Trinajstić information content (AvgIpc) is 3.33. The average molecular weight is 471 g/mol. The van der Waals surface area contributed by atoms with Crippen molar-refractivity contribution in [3.63, 3.8) is 0 Å². The molecule has 6 heteroatoms. The fourth-order valence-electron chi connectivity index (χ4n) is 7.09. The minimum absolute atomic E-state index is 0.00342. The van der Waals surface area contributed by atoms with Crippen LogP contribution >= 0.6 is 0 Å². The smallest absolute Gasteiger partial charge is 0.251 e. The van der Waals surface area contributed by atoms with Crippen LogP contribution in [-0.2, 0) is 4.79 Å². The van der Waals surface area contributed by atoms with Crippen molar-refractivity contribution >= 4 is 11.8 Å². The molecular weight excluding hydrogens is 428 g/mol. The Balaban J connectivity index is 1.43. The van der Waals surface area contributed by atoms with Crippen molar-refractivity contribution in [1.29, 1.82) is 0 Å². The summed E-state index contributed by atoms with van der Waals surface area (Å²) in [5, 5.41) is 18.1. The Morgan fingerprint density at radius 2 is 1.71 bits per heavy atom. The van der Waals surface area contributed by atoms with Gasteiger partial charge in [-0.25, -0.2) is 0 Å². The molecule has 0 heterocycles. The van der Waals surface area contributed by atoms with E-state index in [0.717, 1.165) is 44.3 Å². The number of nitrogens with one attached hydrogen (secondary N) is 2. The third kappa shape index (κ3) is 4.98. The lowest BCUT2D eigenvalue weighted by Crippen LogP contribution is -2.58. The maximum Gasteiger partial charge on any atom is 0.251 e. The van der Waals surface area contributed by atoms with Gasteiger partial charge in [0.1, 0.15) is 5.75 Å². The Labute approximate surface area is 204 Å². The number of aliphatic hydroxyl groups is 1. The largest absolute Gasteiger partial charge is 0.497 e. The van der Waals surface area contributed by atoms with E-state index in [-0.39, 0.29) is 46.9 Å². The fourth-order valence-corrected chi connectivity index (χ4v) is 7.09. The highest BCUT2D eigenvalue weighted by molar-refractivity contribution is 5.94. The number of ether oxygens (including phenoxy) is 1. The Morgan fingerprint density at radius 1 is 1.06 bits per heavy atom. The number of amides is 2. The molecule has 0 aromatic heterocycles. The molecule has 1 aromatic rings. The van der Waals surface area contributed by atoms with Gasteiger partial charge in [0.25, 0.3) is 5.91 Å². The normalized spacial score (nSPS) is 34.7. The van der Waals surface area contributed by atoms with Gasteiger partial charge in [-0.2, -0.15) is 0 Å². The van der Waals surface area contributed by atoms with Crippen molar-refractivity contribution in [1.82, 2.24) is 10.6 Å². The molecule has 34 heavy (non-hydrogen) atoms. The lowest BCUT2D eigenvalue weighted by Gasteiger charge is -2.56. The van der Waals surface area contributed by atoms with Crippen LogP contribution in [-0.4, -0.2) is 42.2 Å². The van der Waals surface area contributed by atoms with Crippen LogP contribution < -0.4 is 15.4 Å². The van der Waals surface area contributed by atoms with Crippen molar-refractivity contribution in [3.8, 4) is 5.75 Å². The van der Waals surface area contributed by atoms with Gasteiger partial charge in [0.05, 0.1) is 13.2 Å². The molecule has 3 saturated carbocycles. The van der Waals surface area contributed by atoms with Crippen LogP contribution in [0, 0.1) is 29.1 Å². The first kappa shape index (κ1) is 25.0. The van der Waals surface area contributed by atoms with E-state index in [1.54, 1.807) is 31.4 Å². The van der Waals surface area contributed by atoms with Crippen LogP contribution in [0.1, 0.15) is 82.5 Å². The number of benzene rings is 1. The van der Waals surface area contributed by atoms with Crippen molar-refractivity contribution in [2.45, 2.75) is 90.3 Å². The standard InChI is InChI=1S/C28H42N2O4/c1-17(26(32)29-20-7-5-6-8-20)22-13-15-28(3)16-14-23(18(2)24(28)25(22)31)30-27(33)19-9-11-21(34-4)12-10-19/h9-12,17-18,20,22-25,31H,5-8,13-16H2,1-4H3,(H,29,32)(H,30,33)/t17-,18+,22+,23-,24+,25-,28-/m0/s1. The van der Waals surface area contributed by atoms with E-state index in [1.807, 2.05) is 6.92 Å². The molecule has 0 aliphatic heterocycles. The van der Waals surface area contributed by atoms with E-state index in [4.69, 9.17) is 4.74 Å². The van der Waals surface area contributed by atoms with Crippen LogP contribution in [0.3, 0.4) is 0 Å². The first-order valence-electron chi connectivity index (χ1n) is 13.2. The van der Waals surface area contributed by atoms with Gasteiger partial charge in [0.15, 0.2) is 0 Å². The summed E-state index contributed by atoms with van der Waals surface area (Å²) < 4.78 is 5.19. The highest BCUT2D eigenvalue weighted by atomic mass is 16.5. The van der Waals surface area contributed by atoms with Gasteiger partial charge in [0.2, 0.25) is 5.91 Å². The van der Waals surface area contributed by atoms with Gasteiger partial charge in [-0.05, 0) is 86.0 Å². The van der Waals surface area contributed by atoms with E-state index in [1.165, 1.54) is 12.8 Å². The molecule has 1 aromatic carbocycles. The monoisotopic (exact) mass is 470 g/mol. The lowest BCUT2D eigenvalue weighted by molar-refractivity contribution is -0.142. The molecule has 2 amide bonds. The molecule has 0 bridgehead atoms. The predicted octanol–water partition coefficient (Wildman–Crippen LogP) is 4.31. The quantitative estimate of drug-likeness (QED) is 0.578. The second kappa shape index (κ2) is 10.3. The minimum atomic E-state index is -0.543. The molecule has 0 radical (unpaired) electrons. The Morgan fingerprint density at radius 3 is 2.35 bits per heavy atom. The molecular formula is C28H42N2O4. The van der Waals surface area contributed by atoms with E-state index >= 15 is 0 Å². The van der Waals surface area contributed by atoms with Gasteiger partial charge < -0.3 is 20.5 Å². The first-order valence-corrected chi connectivity index (χ1v) is 13.2. The maximum atomic E-state index is 13.0. The van der Waals surface area contributed by atoms with Crippen LogP contribution in [0.25, 0.3) is 0 Å². The summed E-state index contributed by atoms with van der Waals surface area (Å²) in [6, 6.07) is 7.45. The van der Waals surface area contributed by atoms with Crippen LogP contribution in [0.15, 0.2) is 24.3 Å². The first-order chi connectivity index (χ1) is 16.2. The van der Waals surface area contributed by atoms with Crippen molar-refractivity contribution in [2.75, 3.05) is 7.11 Å². The summed E-state index contributed by atoms with van der Waals surface area (Å²) in [5.41, 5.74) is 0.652. The number of hydrogen-bond acceptors (Lipinski definition) is 4. The predicted molar refractivity (Wildman–Crippen MR) is 133 cm³/mol. The SMILES string of the molecule is COc1ccc(C(=O)N[C@H]2CC[C@]3(C)CC[C@H]([C@H](C)C(=O)NC4CCCC4)[C@H](O)[C@H]3[C@@H]2C)cc1. The second-order valence-electron chi connectivity index (χ2n) is 11.4. The summed E-state index contributed by atoms with van der Waals surface area (Å²) >= 11 is 0. The molecule has 0 unspecified atom stereocenters. The summed E-state index contributed by atoms with van der Waals surface area (Å²) in [4.78, 5) is 25.9. The molecule has 3 N–H and O–H groups in total. The van der Waals surface area contributed by atoms with Gasteiger partial charge in [-0.3, -0.25) is 9.59 Å². The van der Waals surface area contributed by atoms with Crippen molar-refractivity contribution < 1.29 is 19.4 Å². The van der Waals surface area contributed by atoms with Gasteiger partial charge in [-0.1, -0.05) is 33.6 Å². The molecule has 188 valence electrons. The number of aliphatic hydroxyl groups excluding tert-OH is 1. The van der Waals surface area contributed by atoms with Crippen LogP contribution in [0.4, 0.5) is 0 Å². The Bertz CT molecular complexity index is 866. The molecule has 7 atom stereocenters. The maximum absolute atomic E-state index is 13.0. The molecule has 6 nitrogen and oxygen atoms in total.